The molecule has 0 amide bonds. The summed E-state index contributed by atoms with van der Waals surface area (Å²) in [4.78, 5) is 12.7. The van der Waals surface area contributed by atoms with Gasteiger partial charge in [0.2, 0.25) is 12.1 Å². The Morgan fingerprint density at radius 1 is 0.909 bits per heavy atom. The molecule has 12 heteroatoms. The van der Waals surface area contributed by atoms with Crippen molar-refractivity contribution in [2.45, 2.75) is 30.7 Å². The monoisotopic (exact) mass is 464 g/mol. The minimum absolute atomic E-state index is 0.113. The quantitative estimate of drug-likeness (QED) is 0.209. The van der Waals surface area contributed by atoms with Crippen molar-refractivity contribution in [2.75, 3.05) is 6.61 Å². The van der Waals surface area contributed by atoms with Crippen LogP contribution in [-0.2, 0) is 4.74 Å². The molecule has 2 heterocycles. The Balaban J connectivity index is 1.60. The van der Waals surface area contributed by atoms with Crippen LogP contribution < -0.4 is 9.47 Å². The van der Waals surface area contributed by atoms with Crippen molar-refractivity contribution in [1.82, 2.24) is 0 Å². The lowest BCUT2D eigenvalue weighted by Gasteiger charge is -2.39. The maximum absolute atomic E-state index is 12.7. The number of aliphatic hydroxyl groups excluding tert-OH is 4. The Labute approximate surface area is 185 Å². The van der Waals surface area contributed by atoms with Crippen LogP contribution >= 0.6 is 0 Å². The number of ether oxygens (including phenoxy) is 3. The molecule has 5 atom stereocenters. The van der Waals surface area contributed by atoms with Crippen LogP contribution in [0.25, 0.3) is 6.08 Å². The van der Waals surface area contributed by atoms with Crippen LogP contribution in [0.5, 0.6) is 34.5 Å². The molecule has 2 aliphatic heterocycles. The number of ketones is 1. The number of benzene rings is 2. The average molecular weight is 464 g/mol. The van der Waals surface area contributed by atoms with Crippen LogP contribution in [-0.4, -0.2) is 83.9 Å². The molecule has 1 fully saturated rings. The van der Waals surface area contributed by atoms with Gasteiger partial charge < -0.3 is 55.1 Å². The van der Waals surface area contributed by atoms with Gasteiger partial charge >= 0.3 is 0 Å². The summed E-state index contributed by atoms with van der Waals surface area (Å²) < 4.78 is 16.1. The number of hydrogen-bond acceptors (Lipinski definition) is 12. The topological polar surface area (TPSA) is 207 Å². The number of allylic oxidation sites excluding steroid dienone is 1. The zero-order valence-corrected chi connectivity index (χ0v) is 16.7. The van der Waals surface area contributed by atoms with Gasteiger partial charge in [-0.15, -0.1) is 0 Å². The van der Waals surface area contributed by atoms with Gasteiger partial charge in [0, 0.05) is 12.1 Å². The van der Waals surface area contributed by atoms with Gasteiger partial charge in [0.1, 0.15) is 47.2 Å². The number of aliphatic hydroxyl groups is 4. The molecule has 4 rings (SSSR count). The Morgan fingerprint density at radius 3 is 2.21 bits per heavy atom. The number of rotatable bonds is 4. The van der Waals surface area contributed by atoms with E-state index < -0.39 is 66.1 Å². The highest BCUT2D eigenvalue weighted by Gasteiger charge is 2.45. The predicted molar refractivity (Wildman–Crippen MR) is 107 cm³/mol. The average Bonchev–Trinajstić information content (AvgIpc) is 3.07. The maximum Gasteiger partial charge on any atom is 0.235 e. The molecule has 12 nitrogen and oxygen atoms in total. The first-order valence-corrected chi connectivity index (χ1v) is 9.64. The zero-order chi connectivity index (χ0) is 24.0. The first-order chi connectivity index (χ1) is 15.6. The van der Waals surface area contributed by atoms with Gasteiger partial charge in [-0.25, -0.2) is 0 Å². The molecule has 1 saturated heterocycles. The van der Waals surface area contributed by atoms with Gasteiger partial charge in [-0.3, -0.25) is 4.79 Å². The Morgan fingerprint density at radius 2 is 1.58 bits per heavy atom. The second-order valence-electron chi connectivity index (χ2n) is 7.48. The van der Waals surface area contributed by atoms with E-state index in [1.54, 1.807) is 0 Å². The summed E-state index contributed by atoms with van der Waals surface area (Å²) >= 11 is 0. The Bertz CT molecular complexity index is 1100. The minimum atomic E-state index is -1.69. The Kier molecular flexibility index (Phi) is 5.78. The minimum Gasteiger partial charge on any atom is -0.507 e. The molecule has 0 unspecified atom stereocenters. The smallest absolute Gasteiger partial charge is 0.235 e. The van der Waals surface area contributed by atoms with E-state index in [-0.39, 0.29) is 28.4 Å². The van der Waals surface area contributed by atoms with Crippen LogP contribution in [0.15, 0.2) is 30.0 Å². The van der Waals surface area contributed by atoms with Crippen molar-refractivity contribution in [3.63, 3.8) is 0 Å². The molecular weight excluding hydrogens is 444 g/mol. The normalized spacial score (nSPS) is 27.9. The largest absolute Gasteiger partial charge is 0.507 e. The van der Waals surface area contributed by atoms with Gasteiger partial charge in [0.05, 0.1) is 6.61 Å². The molecule has 176 valence electrons. The number of fused-ring (bicyclic) bond motifs is 1. The third kappa shape index (κ3) is 4.01. The number of aromatic hydroxyl groups is 4. The van der Waals surface area contributed by atoms with Crippen molar-refractivity contribution in [3.05, 3.63) is 41.2 Å². The van der Waals surface area contributed by atoms with E-state index in [0.29, 0.717) is 0 Å². The van der Waals surface area contributed by atoms with Crippen LogP contribution in [0.4, 0.5) is 0 Å². The summed E-state index contributed by atoms with van der Waals surface area (Å²) in [5, 5.41) is 78.1. The van der Waals surface area contributed by atoms with Crippen molar-refractivity contribution in [1.29, 1.82) is 0 Å². The standard InChI is InChI=1S/C21H20O12/c22-6-14-18(28)19(29)20(30)21(33-14)31-8-4-9(23)15-12(5-8)32-13(17(15)27)3-7-1-10(24)16(26)11(25)2-7/h1-5,14,18-26,28-30H,6H2/t14-,18-,19+,20-,21-/m1/s1. The lowest BCUT2D eigenvalue weighted by molar-refractivity contribution is -0.277. The molecule has 0 spiro atoms. The summed E-state index contributed by atoms with van der Waals surface area (Å²) in [5.41, 5.74) is -0.0779. The van der Waals surface area contributed by atoms with Crippen molar-refractivity contribution in [2.24, 2.45) is 0 Å². The zero-order valence-electron chi connectivity index (χ0n) is 16.7. The van der Waals surface area contributed by atoms with Crippen molar-refractivity contribution in [3.8, 4) is 34.5 Å². The summed E-state index contributed by atoms with van der Waals surface area (Å²) in [7, 11) is 0. The van der Waals surface area contributed by atoms with E-state index in [1.807, 2.05) is 0 Å². The van der Waals surface area contributed by atoms with Gasteiger partial charge in [0.25, 0.3) is 0 Å². The van der Waals surface area contributed by atoms with E-state index >= 15 is 0 Å². The lowest BCUT2D eigenvalue weighted by Crippen LogP contribution is -2.60. The molecule has 0 bridgehead atoms. The first kappa shape index (κ1) is 22.6. The van der Waals surface area contributed by atoms with Crippen LogP contribution in [0, 0.1) is 0 Å². The second kappa shape index (κ2) is 8.42. The molecule has 33 heavy (non-hydrogen) atoms. The SMILES string of the molecule is O=C1C(=Cc2cc(O)c(O)c(O)c2)Oc2cc(O[C@@H]3O[C@H](CO)[C@@H](O)[C@H](O)[C@H]3O)cc(O)c21. The molecule has 0 saturated carbocycles. The Hall–Kier alpha value is -3.55. The highest BCUT2D eigenvalue weighted by atomic mass is 16.7. The number of hydrogen-bond donors (Lipinski definition) is 8. The van der Waals surface area contributed by atoms with E-state index in [1.165, 1.54) is 12.1 Å². The molecule has 2 aliphatic rings. The number of phenols is 4. The molecule has 0 aliphatic carbocycles. The van der Waals surface area contributed by atoms with Gasteiger partial charge in [-0.2, -0.15) is 0 Å². The number of carbonyl (C=O) groups is 1. The predicted octanol–water partition coefficient (Wildman–Crippen LogP) is -0.696. The molecular formula is C21H20O12. The van der Waals surface area contributed by atoms with Crippen molar-refractivity contribution < 1.29 is 59.9 Å². The van der Waals surface area contributed by atoms with E-state index in [0.717, 1.165) is 18.2 Å². The van der Waals surface area contributed by atoms with Gasteiger partial charge in [-0.05, 0) is 23.8 Å². The fraction of sp³-hybridized carbons (Fsp3) is 0.286. The summed E-state index contributed by atoms with van der Waals surface area (Å²) in [5.74, 6) is -3.72. The van der Waals surface area contributed by atoms with E-state index in [2.05, 4.69) is 0 Å². The van der Waals surface area contributed by atoms with Gasteiger partial charge in [0.15, 0.2) is 23.0 Å². The number of Topliss-reactive ketones (excluding diaryl/α,β-unsaturated/α-hetero) is 1. The summed E-state index contributed by atoms with van der Waals surface area (Å²) in [6.07, 6.45) is -6.50. The maximum atomic E-state index is 12.7. The fourth-order valence-corrected chi connectivity index (χ4v) is 3.49. The van der Waals surface area contributed by atoms with E-state index in [9.17, 15) is 45.6 Å². The highest BCUT2D eigenvalue weighted by Crippen LogP contribution is 2.42. The fourth-order valence-electron chi connectivity index (χ4n) is 3.49. The number of phenolic OH excluding ortho intramolecular Hbond substituents is 4. The van der Waals surface area contributed by atoms with Crippen LogP contribution in [0.1, 0.15) is 15.9 Å². The third-order valence-corrected chi connectivity index (χ3v) is 5.22. The molecule has 0 aromatic heterocycles. The molecule has 2 aromatic carbocycles. The molecule has 2 aromatic rings. The first-order valence-electron chi connectivity index (χ1n) is 9.64. The second-order valence-corrected chi connectivity index (χ2v) is 7.48. The highest BCUT2D eigenvalue weighted by molar-refractivity contribution is 6.16. The van der Waals surface area contributed by atoms with E-state index in [4.69, 9.17) is 14.2 Å². The van der Waals surface area contributed by atoms with Crippen molar-refractivity contribution >= 4 is 11.9 Å². The van der Waals surface area contributed by atoms with Crippen LogP contribution in [0.3, 0.4) is 0 Å². The third-order valence-electron chi connectivity index (χ3n) is 5.22. The van der Waals surface area contributed by atoms with Gasteiger partial charge in [-0.1, -0.05) is 0 Å². The molecule has 0 radical (unpaired) electrons. The molecule has 8 N–H and O–H groups in total. The lowest BCUT2D eigenvalue weighted by atomic mass is 9.99. The van der Waals surface area contributed by atoms with Crippen LogP contribution in [0.2, 0.25) is 0 Å². The summed E-state index contributed by atoms with van der Waals surface area (Å²) in [6.45, 7) is -0.658. The number of carbonyl (C=O) groups excluding carboxylic acids is 1. The summed E-state index contributed by atoms with van der Waals surface area (Å²) in [6, 6.07) is 4.41.